The summed E-state index contributed by atoms with van der Waals surface area (Å²) in [7, 11) is 3.08. The van der Waals surface area contributed by atoms with E-state index in [1.165, 1.54) is 7.11 Å². The van der Waals surface area contributed by atoms with Crippen LogP contribution in [0.2, 0.25) is 0 Å². The van der Waals surface area contributed by atoms with Crippen molar-refractivity contribution < 1.29 is 19.6 Å². The number of hydrogen-bond acceptors (Lipinski definition) is 4. The number of ether oxygens (including phenoxy) is 2. The highest BCUT2D eigenvalue weighted by atomic mass is 17.1. The maximum absolute atomic E-state index is 8.62. The van der Waals surface area contributed by atoms with E-state index in [-0.39, 0.29) is 6.61 Å². The molecule has 0 spiro atoms. The summed E-state index contributed by atoms with van der Waals surface area (Å²) in [6.45, 7) is 5.97. The largest absolute Gasteiger partial charge is 0.381 e. The van der Waals surface area contributed by atoms with Crippen LogP contribution >= 0.6 is 0 Å². The average molecular weight is 176 g/mol. The Kier molecular flexibility index (Phi) is 5.08. The molecule has 0 aromatic carbocycles. The highest BCUT2D eigenvalue weighted by Crippen LogP contribution is 2.19. The minimum absolute atomic E-state index is 0.242. The average Bonchev–Trinajstić information content (AvgIpc) is 2.05. The van der Waals surface area contributed by atoms with Crippen molar-refractivity contribution in [1.29, 1.82) is 0 Å². The summed E-state index contributed by atoms with van der Waals surface area (Å²) in [5.74, 6) is 0. The van der Waals surface area contributed by atoms with Crippen LogP contribution in [-0.4, -0.2) is 38.3 Å². The molecule has 0 radical (unpaired) electrons. The van der Waals surface area contributed by atoms with Crippen LogP contribution in [0.25, 0.3) is 0 Å². The lowest BCUT2D eigenvalue weighted by Gasteiger charge is -2.26. The first-order valence-electron chi connectivity index (χ1n) is 3.59. The summed E-state index contributed by atoms with van der Waals surface area (Å²) in [5, 5.41) is 8.62. The molecule has 0 saturated carbocycles. The van der Waals surface area contributed by atoms with E-state index in [1.807, 2.05) is 0 Å². The van der Waals surface area contributed by atoms with E-state index in [9.17, 15) is 0 Å². The van der Waals surface area contributed by atoms with Crippen LogP contribution in [0.4, 0.5) is 0 Å². The molecule has 4 heteroatoms. The summed E-state index contributed by atoms with van der Waals surface area (Å²) in [6.07, 6.45) is 0. The Hall–Kier alpha value is -0.420. The Bertz CT molecular complexity index is 146. The van der Waals surface area contributed by atoms with Gasteiger partial charge in [0.1, 0.15) is 5.60 Å². The van der Waals surface area contributed by atoms with E-state index in [4.69, 9.17) is 14.7 Å². The van der Waals surface area contributed by atoms with E-state index < -0.39 is 5.60 Å². The van der Waals surface area contributed by atoms with Gasteiger partial charge in [0.2, 0.25) is 0 Å². The molecule has 0 bridgehead atoms. The highest BCUT2D eigenvalue weighted by Gasteiger charge is 2.29. The number of hydrogen-bond donors (Lipinski definition) is 1. The molecule has 0 fully saturated rings. The predicted octanol–water partition coefficient (Wildman–Crippen LogP) is 1.08. The molecular formula is C8H16O4. The van der Waals surface area contributed by atoms with Crippen molar-refractivity contribution in [2.45, 2.75) is 12.5 Å². The van der Waals surface area contributed by atoms with Crippen LogP contribution in [0.3, 0.4) is 0 Å². The minimum Gasteiger partial charge on any atom is -0.381 e. The van der Waals surface area contributed by atoms with Crippen LogP contribution in [0.1, 0.15) is 6.92 Å². The van der Waals surface area contributed by atoms with Crippen molar-refractivity contribution in [2.75, 3.05) is 27.4 Å². The third kappa shape index (κ3) is 2.91. The monoisotopic (exact) mass is 176 g/mol. The Morgan fingerprint density at radius 2 is 2.00 bits per heavy atom. The molecule has 12 heavy (non-hydrogen) atoms. The van der Waals surface area contributed by atoms with Crippen LogP contribution in [0.5, 0.6) is 0 Å². The van der Waals surface area contributed by atoms with Gasteiger partial charge >= 0.3 is 0 Å². The summed E-state index contributed by atoms with van der Waals surface area (Å²) >= 11 is 0. The standard InChI is InChI=1S/C8H16O4/c1-7(5-10-3)8(2,12-9)6-11-4/h9H,1,5-6H2,2-4H3. The third-order valence-corrected chi connectivity index (χ3v) is 1.69. The second-order valence-corrected chi connectivity index (χ2v) is 2.79. The Morgan fingerprint density at radius 1 is 1.42 bits per heavy atom. The highest BCUT2D eigenvalue weighted by molar-refractivity contribution is 5.11. The first-order valence-corrected chi connectivity index (χ1v) is 3.59. The minimum atomic E-state index is -0.884. The smallest absolute Gasteiger partial charge is 0.146 e. The van der Waals surface area contributed by atoms with Crippen LogP contribution in [-0.2, 0) is 14.4 Å². The SMILES string of the molecule is C=C(COC)C(C)(COC)OO. The van der Waals surface area contributed by atoms with E-state index >= 15 is 0 Å². The molecule has 0 aliphatic heterocycles. The molecular weight excluding hydrogens is 160 g/mol. The number of rotatable bonds is 6. The third-order valence-electron chi connectivity index (χ3n) is 1.69. The van der Waals surface area contributed by atoms with Gasteiger partial charge in [-0.15, -0.1) is 0 Å². The zero-order valence-electron chi connectivity index (χ0n) is 7.79. The molecule has 0 aliphatic rings. The van der Waals surface area contributed by atoms with E-state index in [0.29, 0.717) is 12.2 Å². The molecule has 0 heterocycles. The topological polar surface area (TPSA) is 47.9 Å². The zero-order valence-corrected chi connectivity index (χ0v) is 7.79. The van der Waals surface area contributed by atoms with Gasteiger partial charge in [0.05, 0.1) is 13.2 Å². The second kappa shape index (κ2) is 5.27. The quantitative estimate of drug-likeness (QED) is 0.374. The van der Waals surface area contributed by atoms with Crippen molar-refractivity contribution in [3.8, 4) is 0 Å². The van der Waals surface area contributed by atoms with Crippen LogP contribution < -0.4 is 0 Å². The lowest BCUT2D eigenvalue weighted by molar-refractivity contribution is -0.315. The maximum atomic E-state index is 8.62. The Morgan fingerprint density at radius 3 is 2.33 bits per heavy atom. The molecule has 1 N–H and O–H groups in total. The van der Waals surface area contributed by atoms with Gasteiger partial charge in [0, 0.05) is 14.2 Å². The molecule has 1 unspecified atom stereocenters. The molecule has 0 rings (SSSR count). The number of methoxy groups -OCH3 is 2. The fourth-order valence-corrected chi connectivity index (χ4v) is 0.795. The van der Waals surface area contributed by atoms with Gasteiger partial charge in [0.15, 0.2) is 0 Å². The van der Waals surface area contributed by atoms with Gasteiger partial charge in [-0.2, -0.15) is 0 Å². The summed E-state index contributed by atoms with van der Waals surface area (Å²) in [4.78, 5) is 4.29. The predicted molar refractivity (Wildman–Crippen MR) is 45.0 cm³/mol. The van der Waals surface area contributed by atoms with Gasteiger partial charge < -0.3 is 9.47 Å². The Balaban J connectivity index is 4.18. The molecule has 0 aliphatic carbocycles. The van der Waals surface area contributed by atoms with Gasteiger partial charge in [-0.05, 0) is 12.5 Å². The zero-order chi connectivity index (χ0) is 9.61. The summed E-state index contributed by atoms with van der Waals surface area (Å²) in [5.41, 5.74) is -0.251. The van der Waals surface area contributed by atoms with Crippen molar-refractivity contribution in [2.24, 2.45) is 0 Å². The first kappa shape index (κ1) is 11.6. The summed E-state index contributed by atoms with van der Waals surface area (Å²) in [6, 6.07) is 0. The molecule has 0 amide bonds. The maximum Gasteiger partial charge on any atom is 0.146 e. The summed E-state index contributed by atoms with van der Waals surface area (Å²) < 4.78 is 9.72. The fourth-order valence-electron chi connectivity index (χ4n) is 0.795. The van der Waals surface area contributed by atoms with Crippen LogP contribution in [0, 0.1) is 0 Å². The van der Waals surface area contributed by atoms with Gasteiger partial charge in [-0.3, -0.25) is 5.26 Å². The normalized spacial score (nSPS) is 15.7. The molecule has 72 valence electrons. The van der Waals surface area contributed by atoms with Crippen molar-refractivity contribution in [3.63, 3.8) is 0 Å². The van der Waals surface area contributed by atoms with Gasteiger partial charge in [-0.25, -0.2) is 4.89 Å². The fraction of sp³-hybridized carbons (Fsp3) is 0.750. The first-order chi connectivity index (χ1) is 5.60. The molecule has 0 saturated heterocycles. The van der Waals surface area contributed by atoms with E-state index in [1.54, 1.807) is 14.0 Å². The Labute approximate surface area is 72.7 Å². The lowest BCUT2D eigenvalue weighted by atomic mass is 9.99. The van der Waals surface area contributed by atoms with E-state index in [2.05, 4.69) is 11.5 Å². The van der Waals surface area contributed by atoms with Gasteiger partial charge in [-0.1, -0.05) is 6.58 Å². The molecule has 0 aromatic heterocycles. The van der Waals surface area contributed by atoms with E-state index in [0.717, 1.165) is 0 Å². The molecule has 0 aromatic rings. The molecule has 1 atom stereocenters. The second-order valence-electron chi connectivity index (χ2n) is 2.79. The lowest BCUT2D eigenvalue weighted by Crippen LogP contribution is -2.36. The van der Waals surface area contributed by atoms with Crippen molar-refractivity contribution in [3.05, 3.63) is 12.2 Å². The van der Waals surface area contributed by atoms with Crippen molar-refractivity contribution in [1.82, 2.24) is 0 Å². The van der Waals surface area contributed by atoms with Crippen LogP contribution in [0.15, 0.2) is 12.2 Å². The molecule has 4 nitrogen and oxygen atoms in total. The van der Waals surface area contributed by atoms with Gasteiger partial charge in [0.25, 0.3) is 0 Å². The van der Waals surface area contributed by atoms with Crippen molar-refractivity contribution >= 4 is 0 Å².